The molecular formula is C9H10O3. The monoisotopic (exact) mass is 166 g/mol. The van der Waals surface area contributed by atoms with Gasteiger partial charge in [0.05, 0.1) is 12.2 Å². The highest BCUT2D eigenvalue weighted by Gasteiger charge is 2.20. The van der Waals surface area contributed by atoms with Gasteiger partial charge in [0.15, 0.2) is 5.76 Å². The zero-order chi connectivity index (χ0) is 9.14. The first-order valence-corrected chi connectivity index (χ1v) is 3.71. The fourth-order valence-corrected chi connectivity index (χ4v) is 0.817. The van der Waals surface area contributed by atoms with E-state index in [1.807, 2.05) is 0 Å². The average Bonchev–Trinajstić information content (AvgIpc) is 2.53. The van der Waals surface area contributed by atoms with Gasteiger partial charge in [-0.3, -0.25) is 9.59 Å². The van der Waals surface area contributed by atoms with E-state index >= 15 is 0 Å². The van der Waals surface area contributed by atoms with Crippen molar-refractivity contribution in [1.29, 1.82) is 0 Å². The summed E-state index contributed by atoms with van der Waals surface area (Å²) in [4.78, 5) is 22.2. The molecule has 12 heavy (non-hydrogen) atoms. The van der Waals surface area contributed by atoms with Gasteiger partial charge in [0, 0.05) is 0 Å². The molecule has 1 aromatic rings. The summed E-state index contributed by atoms with van der Waals surface area (Å²) in [5.41, 5.74) is 0. The van der Waals surface area contributed by atoms with E-state index in [9.17, 15) is 9.59 Å². The van der Waals surface area contributed by atoms with Crippen LogP contribution < -0.4 is 0 Å². The van der Waals surface area contributed by atoms with Gasteiger partial charge < -0.3 is 4.42 Å². The molecule has 0 amide bonds. The highest BCUT2D eigenvalue weighted by Crippen LogP contribution is 2.09. The average molecular weight is 166 g/mol. The lowest BCUT2D eigenvalue weighted by molar-refractivity contribution is -0.118. The summed E-state index contributed by atoms with van der Waals surface area (Å²) in [7, 11) is 0. The van der Waals surface area contributed by atoms with E-state index in [1.165, 1.54) is 13.2 Å². The minimum Gasteiger partial charge on any atom is -0.461 e. The normalized spacial score (nSPS) is 12.5. The molecule has 0 aliphatic carbocycles. The Kier molecular flexibility index (Phi) is 2.43. The molecule has 1 rings (SSSR count). The first kappa shape index (κ1) is 8.71. The topological polar surface area (TPSA) is 47.3 Å². The molecule has 1 aromatic heterocycles. The van der Waals surface area contributed by atoms with Gasteiger partial charge in [0.25, 0.3) is 0 Å². The predicted octanol–water partition coefficient (Wildman–Crippen LogP) is 1.69. The van der Waals surface area contributed by atoms with E-state index in [0.29, 0.717) is 0 Å². The van der Waals surface area contributed by atoms with Crippen LogP contribution in [0.3, 0.4) is 0 Å². The number of carbonyl (C=O) groups excluding carboxylic acids is 2. The van der Waals surface area contributed by atoms with Gasteiger partial charge in [-0.2, -0.15) is 0 Å². The SMILES string of the molecule is CC(=O)C(C)C(=O)c1ccco1. The minimum absolute atomic E-state index is 0.142. The van der Waals surface area contributed by atoms with Crippen molar-refractivity contribution >= 4 is 11.6 Å². The van der Waals surface area contributed by atoms with E-state index < -0.39 is 5.92 Å². The molecule has 0 saturated carbocycles. The number of rotatable bonds is 3. The van der Waals surface area contributed by atoms with Crippen molar-refractivity contribution in [3.63, 3.8) is 0 Å². The molecule has 0 fully saturated rings. The molecule has 0 bridgehead atoms. The molecule has 0 N–H and O–H groups in total. The summed E-state index contributed by atoms with van der Waals surface area (Å²) in [5, 5.41) is 0. The molecule has 1 unspecified atom stereocenters. The second-order valence-corrected chi connectivity index (χ2v) is 2.67. The number of hydrogen-bond acceptors (Lipinski definition) is 3. The Bertz CT molecular complexity index is 285. The summed E-state index contributed by atoms with van der Waals surface area (Å²) < 4.78 is 4.86. The molecule has 0 spiro atoms. The molecule has 3 nitrogen and oxygen atoms in total. The van der Waals surface area contributed by atoms with Crippen molar-refractivity contribution in [3.05, 3.63) is 24.2 Å². The third-order valence-corrected chi connectivity index (χ3v) is 1.77. The molecule has 1 heterocycles. The van der Waals surface area contributed by atoms with E-state index in [-0.39, 0.29) is 17.3 Å². The van der Waals surface area contributed by atoms with Gasteiger partial charge >= 0.3 is 0 Å². The Morgan fingerprint density at radius 3 is 2.58 bits per heavy atom. The number of furan rings is 1. The summed E-state index contributed by atoms with van der Waals surface area (Å²) in [5.74, 6) is -0.752. The predicted molar refractivity (Wildman–Crippen MR) is 42.9 cm³/mol. The second kappa shape index (κ2) is 3.34. The van der Waals surface area contributed by atoms with E-state index in [2.05, 4.69) is 0 Å². The van der Waals surface area contributed by atoms with Gasteiger partial charge in [-0.15, -0.1) is 0 Å². The smallest absolute Gasteiger partial charge is 0.208 e. The van der Waals surface area contributed by atoms with E-state index in [4.69, 9.17) is 4.42 Å². The fraction of sp³-hybridized carbons (Fsp3) is 0.333. The quantitative estimate of drug-likeness (QED) is 0.507. The summed E-state index contributed by atoms with van der Waals surface area (Å²) >= 11 is 0. The molecule has 3 heteroatoms. The van der Waals surface area contributed by atoms with Gasteiger partial charge in [0.1, 0.15) is 5.78 Å². The van der Waals surface area contributed by atoms with Crippen LogP contribution in [0.4, 0.5) is 0 Å². The second-order valence-electron chi connectivity index (χ2n) is 2.67. The molecule has 0 aliphatic heterocycles. The highest BCUT2D eigenvalue weighted by molar-refractivity contribution is 6.08. The first-order valence-electron chi connectivity index (χ1n) is 3.71. The number of carbonyl (C=O) groups is 2. The third kappa shape index (κ3) is 1.61. The van der Waals surface area contributed by atoms with Crippen LogP contribution in [0.15, 0.2) is 22.8 Å². The minimum atomic E-state index is -0.601. The van der Waals surface area contributed by atoms with Crippen molar-refractivity contribution in [2.75, 3.05) is 0 Å². The maximum Gasteiger partial charge on any atom is 0.208 e. The van der Waals surface area contributed by atoms with Crippen molar-refractivity contribution in [3.8, 4) is 0 Å². The number of ketones is 2. The van der Waals surface area contributed by atoms with Crippen LogP contribution in [0.1, 0.15) is 24.4 Å². The van der Waals surface area contributed by atoms with Crippen LogP contribution in [0.2, 0.25) is 0 Å². The third-order valence-electron chi connectivity index (χ3n) is 1.77. The molecule has 1 atom stereocenters. The largest absolute Gasteiger partial charge is 0.461 e. The summed E-state index contributed by atoms with van der Waals surface area (Å²) in [6, 6.07) is 3.18. The zero-order valence-electron chi connectivity index (χ0n) is 7.03. The van der Waals surface area contributed by atoms with Gasteiger partial charge in [-0.25, -0.2) is 0 Å². The van der Waals surface area contributed by atoms with Crippen LogP contribution >= 0.6 is 0 Å². The maximum atomic E-state index is 11.3. The Morgan fingerprint density at radius 2 is 2.17 bits per heavy atom. The van der Waals surface area contributed by atoms with Crippen LogP contribution in [0.25, 0.3) is 0 Å². The number of Topliss-reactive ketones (excluding diaryl/α,β-unsaturated/α-hetero) is 2. The molecule has 0 aromatic carbocycles. The fourth-order valence-electron chi connectivity index (χ4n) is 0.817. The highest BCUT2D eigenvalue weighted by atomic mass is 16.3. The Hall–Kier alpha value is -1.38. The van der Waals surface area contributed by atoms with Crippen LogP contribution in [0.5, 0.6) is 0 Å². The lowest BCUT2D eigenvalue weighted by Gasteiger charge is -2.01. The van der Waals surface area contributed by atoms with Crippen molar-refractivity contribution in [1.82, 2.24) is 0 Å². The summed E-state index contributed by atoms with van der Waals surface area (Å²) in [6.45, 7) is 2.97. The molecule has 0 aliphatic rings. The van der Waals surface area contributed by atoms with Crippen LogP contribution in [-0.2, 0) is 4.79 Å². The van der Waals surface area contributed by atoms with Gasteiger partial charge in [-0.05, 0) is 26.0 Å². The van der Waals surface area contributed by atoms with Gasteiger partial charge in [-0.1, -0.05) is 0 Å². The Balaban J connectivity index is 2.79. The van der Waals surface area contributed by atoms with Crippen LogP contribution in [-0.4, -0.2) is 11.6 Å². The Morgan fingerprint density at radius 1 is 1.50 bits per heavy atom. The number of hydrogen-bond donors (Lipinski definition) is 0. The van der Waals surface area contributed by atoms with Gasteiger partial charge in [0.2, 0.25) is 5.78 Å². The lowest BCUT2D eigenvalue weighted by atomic mass is 10.0. The Labute approximate surface area is 70.4 Å². The van der Waals surface area contributed by atoms with E-state index in [0.717, 1.165) is 0 Å². The molecule has 0 saturated heterocycles. The van der Waals surface area contributed by atoms with Crippen molar-refractivity contribution in [2.45, 2.75) is 13.8 Å². The lowest BCUT2D eigenvalue weighted by Crippen LogP contribution is -2.17. The summed E-state index contributed by atoms with van der Waals surface area (Å²) in [6.07, 6.45) is 1.42. The van der Waals surface area contributed by atoms with Crippen LogP contribution in [0, 0.1) is 5.92 Å². The standard InChI is InChI=1S/C9H10O3/c1-6(7(2)10)9(11)8-4-3-5-12-8/h3-6H,1-2H3. The zero-order valence-corrected chi connectivity index (χ0v) is 7.03. The van der Waals surface area contributed by atoms with Crippen molar-refractivity contribution < 1.29 is 14.0 Å². The van der Waals surface area contributed by atoms with Crippen molar-refractivity contribution in [2.24, 2.45) is 5.92 Å². The molecule has 0 radical (unpaired) electrons. The molecule has 64 valence electrons. The van der Waals surface area contributed by atoms with E-state index in [1.54, 1.807) is 19.1 Å². The maximum absolute atomic E-state index is 11.3. The molecular weight excluding hydrogens is 156 g/mol. The first-order chi connectivity index (χ1) is 5.63.